The Morgan fingerprint density at radius 1 is 1.38 bits per heavy atom. The molecule has 0 aliphatic rings. The molecule has 0 aromatic rings. The SMILES string of the molecule is CCCCCNCN. The maximum absolute atomic E-state index is 5.20. The topological polar surface area (TPSA) is 38.0 Å². The fourth-order valence-electron chi connectivity index (χ4n) is 0.602. The molecule has 0 rings (SSSR count). The zero-order valence-corrected chi connectivity index (χ0v) is 5.61. The summed E-state index contributed by atoms with van der Waals surface area (Å²) >= 11 is 0. The standard InChI is InChI=1S/C6H16N2/c1-2-3-4-5-8-6-7/h8H,2-7H2,1H3. The van der Waals surface area contributed by atoms with E-state index in [9.17, 15) is 0 Å². The Hall–Kier alpha value is -0.0800. The number of rotatable bonds is 5. The third-order valence-electron chi connectivity index (χ3n) is 1.10. The summed E-state index contributed by atoms with van der Waals surface area (Å²) in [7, 11) is 0. The van der Waals surface area contributed by atoms with Crippen LogP contribution in [0.4, 0.5) is 0 Å². The van der Waals surface area contributed by atoms with E-state index in [1.165, 1.54) is 19.3 Å². The smallest absolute Gasteiger partial charge is 0.0428 e. The van der Waals surface area contributed by atoms with Gasteiger partial charge in [0, 0.05) is 6.67 Å². The van der Waals surface area contributed by atoms with E-state index in [1.54, 1.807) is 0 Å². The van der Waals surface area contributed by atoms with Gasteiger partial charge in [-0.15, -0.1) is 0 Å². The lowest BCUT2D eigenvalue weighted by Gasteiger charge is -1.97. The van der Waals surface area contributed by atoms with Crippen molar-refractivity contribution in [2.45, 2.75) is 26.2 Å². The van der Waals surface area contributed by atoms with E-state index in [4.69, 9.17) is 5.73 Å². The molecule has 0 atom stereocenters. The van der Waals surface area contributed by atoms with E-state index in [1.807, 2.05) is 0 Å². The number of nitrogens with one attached hydrogen (secondary N) is 1. The van der Waals surface area contributed by atoms with Crippen molar-refractivity contribution in [2.75, 3.05) is 13.2 Å². The van der Waals surface area contributed by atoms with Crippen molar-refractivity contribution in [3.8, 4) is 0 Å². The molecule has 0 aromatic carbocycles. The van der Waals surface area contributed by atoms with Crippen LogP contribution >= 0.6 is 0 Å². The Bertz CT molecular complexity index is 31.5. The van der Waals surface area contributed by atoms with Gasteiger partial charge in [-0.1, -0.05) is 19.8 Å². The van der Waals surface area contributed by atoms with Crippen molar-refractivity contribution in [2.24, 2.45) is 5.73 Å². The lowest BCUT2D eigenvalue weighted by Crippen LogP contribution is -2.22. The van der Waals surface area contributed by atoms with Gasteiger partial charge in [-0.05, 0) is 13.0 Å². The summed E-state index contributed by atoms with van der Waals surface area (Å²) in [4.78, 5) is 0. The molecule has 0 radical (unpaired) electrons. The highest BCUT2D eigenvalue weighted by atomic mass is 14.9. The Morgan fingerprint density at radius 2 is 2.12 bits per heavy atom. The highest BCUT2D eigenvalue weighted by Gasteiger charge is 1.81. The normalized spacial score (nSPS) is 9.75. The molecule has 50 valence electrons. The number of hydrogen-bond acceptors (Lipinski definition) is 2. The molecule has 0 heterocycles. The van der Waals surface area contributed by atoms with Gasteiger partial charge in [-0.2, -0.15) is 0 Å². The minimum absolute atomic E-state index is 0.615. The quantitative estimate of drug-likeness (QED) is 0.409. The molecule has 2 heteroatoms. The predicted molar refractivity (Wildman–Crippen MR) is 36.6 cm³/mol. The third kappa shape index (κ3) is 5.92. The van der Waals surface area contributed by atoms with E-state index in [-0.39, 0.29) is 0 Å². The molecule has 0 aliphatic carbocycles. The van der Waals surface area contributed by atoms with Crippen LogP contribution in [0.15, 0.2) is 0 Å². The minimum Gasteiger partial charge on any atom is -0.318 e. The van der Waals surface area contributed by atoms with Gasteiger partial charge in [-0.3, -0.25) is 0 Å². The molecule has 0 bridgehead atoms. The molecule has 0 amide bonds. The van der Waals surface area contributed by atoms with Crippen molar-refractivity contribution in [3.63, 3.8) is 0 Å². The monoisotopic (exact) mass is 116 g/mol. The van der Waals surface area contributed by atoms with Gasteiger partial charge in [0.05, 0.1) is 0 Å². The molecule has 3 N–H and O–H groups in total. The van der Waals surface area contributed by atoms with Crippen LogP contribution in [0.5, 0.6) is 0 Å². The van der Waals surface area contributed by atoms with Gasteiger partial charge in [0.2, 0.25) is 0 Å². The maximum Gasteiger partial charge on any atom is 0.0428 e. The second-order valence-electron chi connectivity index (χ2n) is 1.91. The second kappa shape index (κ2) is 6.92. The zero-order valence-electron chi connectivity index (χ0n) is 5.61. The molecule has 0 aromatic heterocycles. The lowest BCUT2D eigenvalue weighted by molar-refractivity contribution is 0.626. The van der Waals surface area contributed by atoms with E-state index in [2.05, 4.69) is 12.2 Å². The molecule has 0 saturated heterocycles. The van der Waals surface area contributed by atoms with Crippen LogP contribution in [0.25, 0.3) is 0 Å². The minimum atomic E-state index is 0.615. The van der Waals surface area contributed by atoms with E-state index in [0.717, 1.165) is 6.54 Å². The Kier molecular flexibility index (Phi) is 6.85. The first-order valence-electron chi connectivity index (χ1n) is 3.32. The summed E-state index contributed by atoms with van der Waals surface area (Å²) < 4.78 is 0. The summed E-state index contributed by atoms with van der Waals surface area (Å²) in [6.07, 6.45) is 3.85. The fraction of sp³-hybridized carbons (Fsp3) is 1.00. The van der Waals surface area contributed by atoms with Crippen molar-refractivity contribution < 1.29 is 0 Å². The molecule has 0 unspecified atom stereocenters. The first-order chi connectivity index (χ1) is 3.91. The Labute approximate surface area is 51.5 Å². The second-order valence-corrected chi connectivity index (χ2v) is 1.91. The van der Waals surface area contributed by atoms with Crippen LogP contribution in [-0.2, 0) is 0 Å². The number of nitrogens with two attached hydrogens (primary N) is 1. The highest BCUT2D eigenvalue weighted by Crippen LogP contribution is 1.89. The molecule has 0 saturated carbocycles. The van der Waals surface area contributed by atoms with E-state index in [0.29, 0.717) is 6.67 Å². The van der Waals surface area contributed by atoms with Crippen LogP contribution in [0, 0.1) is 0 Å². The number of hydrogen-bond donors (Lipinski definition) is 2. The zero-order chi connectivity index (χ0) is 6.24. The average Bonchev–Trinajstić information content (AvgIpc) is 1.81. The third-order valence-corrected chi connectivity index (χ3v) is 1.10. The lowest BCUT2D eigenvalue weighted by atomic mass is 10.2. The largest absolute Gasteiger partial charge is 0.318 e. The average molecular weight is 116 g/mol. The summed E-state index contributed by atoms with van der Waals surface area (Å²) in [6.45, 7) is 3.89. The van der Waals surface area contributed by atoms with Crippen LogP contribution in [0.3, 0.4) is 0 Å². The van der Waals surface area contributed by atoms with Crippen LogP contribution in [-0.4, -0.2) is 13.2 Å². The summed E-state index contributed by atoms with van der Waals surface area (Å²) in [5, 5.41) is 3.06. The molecule has 0 fully saturated rings. The van der Waals surface area contributed by atoms with Crippen molar-refractivity contribution in [1.29, 1.82) is 0 Å². The van der Waals surface area contributed by atoms with Crippen molar-refractivity contribution in [1.82, 2.24) is 5.32 Å². The van der Waals surface area contributed by atoms with Gasteiger partial charge in [-0.25, -0.2) is 0 Å². The van der Waals surface area contributed by atoms with Crippen molar-refractivity contribution >= 4 is 0 Å². The van der Waals surface area contributed by atoms with Gasteiger partial charge >= 0.3 is 0 Å². The molecule has 0 spiro atoms. The predicted octanol–water partition coefficient (Wildman–Crippen LogP) is 0.682. The first kappa shape index (κ1) is 7.92. The number of unbranched alkanes of at least 4 members (excludes halogenated alkanes) is 2. The van der Waals surface area contributed by atoms with Gasteiger partial charge in [0.1, 0.15) is 0 Å². The molecule has 8 heavy (non-hydrogen) atoms. The van der Waals surface area contributed by atoms with Gasteiger partial charge in [0.15, 0.2) is 0 Å². The highest BCUT2D eigenvalue weighted by molar-refractivity contribution is 4.41. The van der Waals surface area contributed by atoms with Crippen LogP contribution < -0.4 is 11.1 Å². The summed E-state index contributed by atoms with van der Waals surface area (Å²) in [5.41, 5.74) is 5.20. The van der Waals surface area contributed by atoms with Gasteiger partial charge < -0.3 is 11.1 Å². The maximum atomic E-state index is 5.20. The van der Waals surface area contributed by atoms with E-state index >= 15 is 0 Å². The Morgan fingerprint density at radius 3 is 2.62 bits per heavy atom. The van der Waals surface area contributed by atoms with Gasteiger partial charge in [0.25, 0.3) is 0 Å². The molecule has 2 nitrogen and oxygen atoms in total. The van der Waals surface area contributed by atoms with Crippen LogP contribution in [0.2, 0.25) is 0 Å². The Balaban J connectivity index is 2.53. The molecular weight excluding hydrogens is 100 g/mol. The molecule has 0 aliphatic heterocycles. The van der Waals surface area contributed by atoms with E-state index < -0.39 is 0 Å². The van der Waals surface area contributed by atoms with Crippen molar-refractivity contribution in [3.05, 3.63) is 0 Å². The first-order valence-corrected chi connectivity index (χ1v) is 3.32. The summed E-state index contributed by atoms with van der Waals surface area (Å²) in [5.74, 6) is 0. The molecular formula is C6H16N2. The fourth-order valence-corrected chi connectivity index (χ4v) is 0.602. The van der Waals surface area contributed by atoms with Crippen LogP contribution in [0.1, 0.15) is 26.2 Å². The summed E-state index contributed by atoms with van der Waals surface area (Å²) in [6, 6.07) is 0.